The first-order chi connectivity index (χ1) is 9.08. The number of aliphatic hydroxyl groups excluding tert-OH is 1. The van der Waals surface area contributed by atoms with Crippen molar-refractivity contribution in [2.75, 3.05) is 13.2 Å². The van der Waals surface area contributed by atoms with Gasteiger partial charge in [-0.3, -0.25) is 0 Å². The second-order valence-electron chi connectivity index (χ2n) is 4.58. The van der Waals surface area contributed by atoms with Crippen molar-refractivity contribution in [3.63, 3.8) is 0 Å². The van der Waals surface area contributed by atoms with Gasteiger partial charge in [-0.05, 0) is 24.3 Å². The number of hydrogen-bond acceptors (Lipinski definition) is 5. The van der Waals surface area contributed by atoms with Crippen LogP contribution in [0.3, 0.4) is 0 Å². The first kappa shape index (κ1) is 14.9. The number of hydrogen-bond donors (Lipinski definition) is 2. The second-order valence-corrected chi connectivity index (χ2v) is 7.32. The number of nitrogens with one attached hydrogen (secondary N) is 1. The van der Waals surface area contributed by atoms with E-state index in [2.05, 4.69) is 4.72 Å². The summed E-state index contributed by atoms with van der Waals surface area (Å²) in [6.07, 6.45) is 1.92. The average molecular weight is 305 g/mol. The van der Waals surface area contributed by atoms with Crippen LogP contribution in [-0.2, 0) is 21.4 Å². The molecule has 2 N–H and O–H groups in total. The van der Waals surface area contributed by atoms with Crippen LogP contribution in [0.4, 0.5) is 0 Å². The van der Waals surface area contributed by atoms with Crippen LogP contribution in [0.5, 0.6) is 0 Å². The standard InChI is InChI=1S/C12H19NO4S2/c1-2-10-9(3-5-17-10)7-13-19(15,16)12-4-6-18-11(12)8-14/h4,6,9-10,13-14H,2-3,5,7-8H2,1H3. The largest absolute Gasteiger partial charge is 0.391 e. The zero-order chi connectivity index (χ0) is 13.9. The third-order valence-electron chi connectivity index (χ3n) is 3.42. The molecule has 2 unspecified atom stereocenters. The van der Waals surface area contributed by atoms with E-state index in [1.807, 2.05) is 6.92 Å². The highest BCUT2D eigenvalue weighted by Crippen LogP contribution is 2.25. The fourth-order valence-corrected chi connectivity index (χ4v) is 4.74. The Hall–Kier alpha value is -0.470. The summed E-state index contributed by atoms with van der Waals surface area (Å²) >= 11 is 1.25. The molecule has 0 bridgehead atoms. The lowest BCUT2D eigenvalue weighted by atomic mass is 10.0. The zero-order valence-corrected chi connectivity index (χ0v) is 12.5. The monoisotopic (exact) mass is 305 g/mol. The summed E-state index contributed by atoms with van der Waals surface area (Å²) in [6, 6.07) is 1.53. The molecule has 1 aromatic rings. The molecule has 1 saturated heterocycles. The van der Waals surface area contributed by atoms with Gasteiger partial charge < -0.3 is 9.84 Å². The van der Waals surface area contributed by atoms with E-state index in [1.165, 1.54) is 17.4 Å². The third kappa shape index (κ3) is 3.35. The molecule has 0 amide bonds. The molecule has 0 radical (unpaired) electrons. The van der Waals surface area contributed by atoms with Crippen LogP contribution >= 0.6 is 11.3 Å². The van der Waals surface area contributed by atoms with Crippen LogP contribution in [0.15, 0.2) is 16.3 Å². The van der Waals surface area contributed by atoms with Crippen molar-refractivity contribution in [2.24, 2.45) is 5.92 Å². The van der Waals surface area contributed by atoms with Gasteiger partial charge in [0.25, 0.3) is 0 Å². The first-order valence-electron chi connectivity index (χ1n) is 6.37. The number of sulfonamides is 1. The molecule has 2 heterocycles. The average Bonchev–Trinajstić information content (AvgIpc) is 3.04. The van der Waals surface area contributed by atoms with Crippen molar-refractivity contribution in [1.29, 1.82) is 0 Å². The maximum Gasteiger partial charge on any atom is 0.241 e. The quantitative estimate of drug-likeness (QED) is 0.831. The molecule has 0 aromatic carbocycles. The number of aliphatic hydroxyl groups is 1. The van der Waals surface area contributed by atoms with Gasteiger partial charge in [-0.25, -0.2) is 13.1 Å². The third-order valence-corrected chi connectivity index (χ3v) is 5.97. The summed E-state index contributed by atoms with van der Waals surface area (Å²) in [5.74, 6) is 0.232. The Bertz CT molecular complexity index is 512. The van der Waals surface area contributed by atoms with Gasteiger partial charge in [0.05, 0.1) is 17.6 Å². The minimum atomic E-state index is -3.53. The van der Waals surface area contributed by atoms with Gasteiger partial charge in [-0.1, -0.05) is 6.92 Å². The van der Waals surface area contributed by atoms with Gasteiger partial charge in [0.2, 0.25) is 10.0 Å². The lowest BCUT2D eigenvalue weighted by molar-refractivity contribution is 0.0884. The lowest BCUT2D eigenvalue weighted by Gasteiger charge is -2.17. The maximum absolute atomic E-state index is 12.2. The number of rotatable bonds is 6. The molecule has 1 aromatic heterocycles. The van der Waals surface area contributed by atoms with Crippen LogP contribution in [0.2, 0.25) is 0 Å². The smallest absolute Gasteiger partial charge is 0.241 e. The van der Waals surface area contributed by atoms with Crippen LogP contribution in [0.25, 0.3) is 0 Å². The van der Waals surface area contributed by atoms with Gasteiger partial charge in [0, 0.05) is 23.9 Å². The highest BCUT2D eigenvalue weighted by atomic mass is 32.2. The van der Waals surface area contributed by atoms with Crippen molar-refractivity contribution in [3.05, 3.63) is 16.3 Å². The van der Waals surface area contributed by atoms with E-state index < -0.39 is 10.0 Å². The Balaban J connectivity index is 2.02. The molecular formula is C12H19NO4S2. The van der Waals surface area contributed by atoms with E-state index in [0.29, 0.717) is 18.0 Å². The minimum Gasteiger partial charge on any atom is -0.391 e. The predicted octanol–water partition coefficient (Wildman–Crippen LogP) is 1.33. The summed E-state index contributed by atoms with van der Waals surface area (Å²) < 4.78 is 32.5. The summed E-state index contributed by atoms with van der Waals surface area (Å²) in [5, 5.41) is 10.8. The van der Waals surface area contributed by atoms with Gasteiger partial charge in [0.15, 0.2) is 0 Å². The maximum atomic E-state index is 12.2. The van der Waals surface area contributed by atoms with Gasteiger partial charge in [-0.15, -0.1) is 11.3 Å². The van der Waals surface area contributed by atoms with Crippen LogP contribution < -0.4 is 4.72 Å². The highest BCUT2D eigenvalue weighted by Gasteiger charge is 2.28. The molecule has 1 aliphatic heterocycles. The van der Waals surface area contributed by atoms with Crippen LogP contribution in [0.1, 0.15) is 24.6 Å². The van der Waals surface area contributed by atoms with Crippen molar-refractivity contribution in [1.82, 2.24) is 4.72 Å². The van der Waals surface area contributed by atoms with Gasteiger partial charge in [0.1, 0.15) is 0 Å². The van der Waals surface area contributed by atoms with Crippen molar-refractivity contribution in [3.8, 4) is 0 Å². The van der Waals surface area contributed by atoms with Crippen molar-refractivity contribution in [2.45, 2.75) is 37.4 Å². The molecule has 2 atom stereocenters. The number of thiophene rings is 1. The molecule has 19 heavy (non-hydrogen) atoms. The van der Waals surface area contributed by atoms with E-state index in [4.69, 9.17) is 9.84 Å². The first-order valence-corrected chi connectivity index (χ1v) is 8.73. The highest BCUT2D eigenvalue weighted by molar-refractivity contribution is 7.89. The van der Waals surface area contributed by atoms with Crippen molar-refractivity contribution >= 4 is 21.4 Å². The molecule has 2 rings (SSSR count). The summed E-state index contributed by atoms with van der Waals surface area (Å²) in [4.78, 5) is 0.661. The van der Waals surface area contributed by atoms with E-state index in [-0.39, 0.29) is 23.5 Å². The molecule has 0 spiro atoms. The van der Waals surface area contributed by atoms with E-state index in [1.54, 1.807) is 5.38 Å². The summed E-state index contributed by atoms with van der Waals surface area (Å²) in [6.45, 7) is 2.88. The topological polar surface area (TPSA) is 75.6 Å². The molecule has 1 fully saturated rings. The normalized spacial score (nSPS) is 23.9. The molecule has 7 heteroatoms. The molecule has 1 aliphatic rings. The van der Waals surface area contributed by atoms with E-state index in [0.717, 1.165) is 12.8 Å². The fraction of sp³-hybridized carbons (Fsp3) is 0.667. The fourth-order valence-electron chi connectivity index (χ4n) is 2.36. The lowest BCUT2D eigenvalue weighted by Crippen LogP contribution is -2.33. The predicted molar refractivity (Wildman–Crippen MR) is 73.6 cm³/mol. The Morgan fingerprint density at radius 3 is 3.05 bits per heavy atom. The Labute approximate surface area is 117 Å². The summed E-state index contributed by atoms with van der Waals surface area (Å²) in [5.41, 5.74) is 0. The molecule has 0 aliphatic carbocycles. The van der Waals surface area contributed by atoms with E-state index in [9.17, 15) is 8.42 Å². The second kappa shape index (κ2) is 6.32. The SMILES string of the molecule is CCC1OCCC1CNS(=O)(=O)c1ccsc1CO. The number of ether oxygens (including phenoxy) is 1. The molecular weight excluding hydrogens is 286 g/mol. The van der Waals surface area contributed by atoms with Gasteiger partial charge >= 0.3 is 0 Å². The summed E-state index contributed by atoms with van der Waals surface area (Å²) in [7, 11) is -3.53. The molecule has 5 nitrogen and oxygen atoms in total. The Morgan fingerprint density at radius 1 is 1.58 bits per heavy atom. The zero-order valence-electron chi connectivity index (χ0n) is 10.8. The Kier molecular flexibility index (Phi) is 4.97. The van der Waals surface area contributed by atoms with E-state index >= 15 is 0 Å². The molecule has 0 saturated carbocycles. The molecule has 108 valence electrons. The van der Waals surface area contributed by atoms with Gasteiger partial charge in [-0.2, -0.15) is 0 Å². The van der Waals surface area contributed by atoms with Crippen LogP contribution in [-0.4, -0.2) is 32.8 Å². The van der Waals surface area contributed by atoms with Crippen molar-refractivity contribution < 1.29 is 18.3 Å². The Morgan fingerprint density at radius 2 is 2.37 bits per heavy atom. The minimum absolute atomic E-state index is 0.141. The van der Waals surface area contributed by atoms with Crippen LogP contribution in [0, 0.1) is 5.92 Å².